The summed E-state index contributed by atoms with van der Waals surface area (Å²) >= 11 is 0. The molecule has 0 saturated heterocycles. The number of carbonyl (C=O) groups is 1. The highest BCUT2D eigenvalue weighted by Gasteiger charge is 2.26. The molecule has 1 aliphatic rings. The first-order chi connectivity index (χ1) is 11.2. The fourth-order valence-corrected chi connectivity index (χ4v) is 2.90. The lowest BCUT2D eigenvalue weighted by Gasteiger charge is -2.31. The molecule has 2 aromatic rings. The average Bonchev–Trinajstić information content (AvgIpc) is 2.61. The van der Waals surface area contributed by atoms with Crippen LogP contribution in [0.2, 0.25) is 0 Å². The molecule has 2 aromatic carbocycles. The van der Waals surface area contributed by atoms with Gasteiger partial charge in [0, 0.05) is 13.1 Å². The van der Waals surface area contributed by atoms with E-state index in [0.29, 0.717) is 18.0 Å². The highest BCUT2D eigenvalue weighted by atomic mass is 16.5. The summed E-state index contributed by atoms with van der Waals surface area (Å²) in [5, 5.41) is 0. The first kappa shape index (κ1) is 15.4. The summed E-state index contributed by atoms with van der Waals surface area (Å²) in [6, 6.07) is 15.7. The Morgan fingerprint density at radius 1 is 1.04 bits per heavy atom. The topological polar surface area (TPSA) is 38.8 Å². The van der Waals surface area contributed by atoms with Crippen LogP contribution in [0.3, 0.4) is 0 Å². The minimum Gasteiger partial charge on any atom is -0.493 e. The molecule has 0 radical (unpaired) electrons. The first-order valence-electron chi connectivity index (χ1n) is 7.84. The van der Waals surface area contributed by atoms with Gasteiger partial charge in [0.1, 0.15) is 0 Å². The molecule has 23 heavy (non-hydrogen) atoms. The molecule has 1 amide bonds. The Kier molecular flexibility index (Phi) is 4.51. The van der Waals surface area contributed by atoms with Crippen LogP contribution in [0, 0.1) is 0 Å². The van der Waals surface area contributed by atoms with Crippen LogP contribution in [0.15, 0.2) is 48.5 Å². The van der Waals surface area contributed by atoms with Gasteiger partial charge in [-0.15, -0.1) is 0 Å². The smallest absolute Gasteiger partial charge is 0.263 e. The van der Waals surface area contributed by atoms with Gasteiger partial charge in [0.15, 0.2) is 17.6 Å². The number of carbonyl (C=O) groups excluding carboxylic acids is 1. The van der Waals surface area contributed by atoms with E-state index in [9.17, 15) is 4.79 Å². The predicted octanol–water partition coefficient (Wildman–Crippen LogP) is 3.05. The maximum Gasteiger partial charge on any atom is 0.263 e. The quantitative estimate of drug-likeness (QED) is 0.871. The zero-order chi connectivity index (χ0) is 16.2. The van der Waals surface area contributed by atoms with E-state index < -0.39 is 6.10 Å². The fourth-order valence-electron chi connectivity index (χ4n) is 2.90. The van der Waals surface area contributed by atoms with Gasteiger partial charge in [-0.1, -0.05) is 36.4 Å². The monoisotopic (exact) mass is 311 g/mol. The summed E-state index contributed by atoms with van der Waals surface area (Å²) in [7, 11) is 1.59. The van der Waals surface area contributed by atoms with Crippen LogP contribution in [-0.2, 0) is 17.8 Å². The van der Waals surface area contributed by atoms with Crippen molar-refractivity contribution in [2.75, 3.05) is 13.7 Å². The summed E-state index contributed by atoms with van der Waals surface area (Å²) in [6.45, 7) is 3.17. The van der Waals surface area contributed by atoms with Gasteiger partial charge >= 0.3 is 0 Å². The Morgan fingerprint density at radius 3 is 2.43 bits per heavy atom. The third-order valence-corrected chi connectivity index (χ3v) is 4.16. The molecule has 0 fully saturated rings. The summed E-state index contributed by atoms with van der Waals surface area (Å²) in [4.78, 5) is 14.5. The molecule has 0 aromatic heterocycles. The van der Waals surface area contributed by atoms with E-state index in [-0.39, 0.29) is 5.91 Å². The molecule has 0 aliphatic carbocycles. The number of ether oxygens (including phenoxy) is 2. The number of hydrogen-bond acceptors (Lipinski definition) is 3. The molecule has 120 valence electrons. The Balaban J connectivity index is 1.69. The van der Waals surface area contributed by atoms with E-state index in [1.807, 2.05) is 41.3 Å². The highest BCUT2D eigenvalue weighted by Crippen LogP contribution is 2.27. The molecule has 1 aliphatic heterocycles. The first-order valence-corrected chi connectivity index (χ1v) is 7.84. The van der Waals surface area contributed by atoms with Crippen molar-refractivity contribution >= 4 is 5.91 Å². The van der Waals surface area contributed by atoms with E-state index in [0.717, 1.165) is 13.0 Å². The average molecular weight is 311 g/mol. The number of nitrogens with zero attached hydrogens (tertiary/aromatic N) is 1. The number of benzene rings is 2. The Labute approximate surface area is 136 Å². The van der Waals surface area contributed by atoms with E-state index in [1.165, 1.54) is 11.1 Å². The summed E-state index contributed by atoms with van der Waals surface area (Å²) in [5.74, 6) is 1.23. The van der Waals surface area contributed by atoms with Gasteiger partial charge in [0.2, 0.25) is 0 Å². The van der Waals surface area contributed by atoms with Gasteiger partial charge in [-0.25, -0.2) is 0 Å². The zero-order valence-corrected chi connectivity index (χ0v) is 13.5. The second kappa shape index (κ2) is 6.73. The summed E-state index contributed by atoms with van der Waals surface area (Å²) in [6.07, 6.45) is 0.347. The standard InChI is InChI=1S/C19H21NO3/c1-14(23-18-10-6-5-9-17(18)22-2)19(21)20-12-11-15-7-3-4-8-16(15)13-20/h3-10,14H,11-13H2,1-2H3/t14-/m0/s1. The van der Waals surface area contributed by atoms with Crippen LogP contribution in [0.4, 0.5) is 0 Å². The third-order valence-electron chi connectivity index (χ3n) is 4.16. The van der Waals surface area contributed by atoms with Crippen LogP contribution in [0.1, 0.15) is 18.1 Å². The minimum absolute atomic E-state index is 0.00501. The molecule has 0 unspecified atom stereocenters. The largest absolute Gasteiger partial charge is 0.493 e. The van der Waals surface area contributed by atoms with Crippen molar-refractivity contribution in [1.82, 2.24) is 4.90 Å². The van der Waals surface area contributed by atoms with Crippen molar-refractivity contribution in [3.05, 3.63) is 59.7 Å². The predicted molar refractivity (Wildman–Crippen MR) is 88.6 cm³/mol. The fraction of sp³-hybridized carbons (Fsp3) is 0.316. The van der Waals surface area contributed by atoms with Crippen molar-refractivity contribution in [1.29, 1.82) is 0 Å². The number of rotatable bonds is 4. The lowest BCUT2D eigenvalue weighted by molar-refractivity contribution is -0.138. The number of para-hydroxylation sites is 2. The van der Waals surface area contributed by atoms with Crippen LogP contribution < -0.4 is 9.47 Å². The van der Waals surface area contributed by atoms with E-state index in [4.69, 9.17) is 9.47 Å². The van der Waals surface area contributed by atoms with Gasteiger partial charge < -0.3 is 14.4 Å². The normalized spacial score (nSPS) is 14.8. The maximum absolute atomic E-state index is 12.7. The molecule has 3 rings (SSSR count). The number of fused-ring (bicyclic) bond motifs is 1. The lowest BCUT2D eigenvalue weighted by atomic mass is 9.99. The number of hydrogen-bond donors (Lipinski definition) is 0. The number of methoxy groups -OCH3 is 1. The second-order valence-electron chi connectivity index (χ2n) is 5.69. The van der Waals surface area contributed by atoms with Gasteiger partial charge in [-0.3, -0.25) is 4.79 Å². The molecule has 0 spiro atoms. The van der Waals surface area contributed by atoms with Crippen LogP contribution in [0.25, 0.3) is 0 Å². The number of amides is 1. The highest BCUT2D eigenvalue weighted by molar-refractivity contribution is 5.81. The van der Waals surface area contributed by atoms with Gasteiger partial charge in [-0.2, -0.15) is 0 Å². The second-order valence-corrected chi connectivity index (χ2v) is 5.69. The Hall–Kier alpha value is -2.49. The summed E-state index contributed by atoms with van der Waals surface area (Å²) < 4.78 is 11.1. The zero-order valence-electron chi connectivity index (χ0n) is 13.5. The van der Waals surface area contributed by atoms with E-state index in [2.05, 4.69) is 12.1 Å². The van der Waals surface area contributed by atoms with Crippen LogP contribution >= 0.6 is 0 Å². The molecule has 4 heteroatoms. The maximum atomic E-state index is 12.7. The molecular weight excluding hydrogens is 290 g/mol. The summed E-state index contributed by atoms with van der Waals surface area (Å²) in [5.41, 5.74) is 2.55. The van der Waals surface area contributed by atoms with Crippen molar-refractivity contribution < 1.29 is 14.3 Å². The van der Waals surface area contributed by atoms with Gasteiger partial charge in [0.25, 0.3) is 5.91 Å². The van der Waals surface area contributed by atoms with Crippen molar-refractivity contribution in [2.24, 2.45) is 0 Å². The van der Waals surface area contributed by atoms with Crippen molar-refractivity contribution in [2.45, 2.75) is 26.0 Å². The molecule has 0 saturated carbocycles. The molecule has 4 nitrogen and oxygen atoms in total. The molecule has 0 N–H and O–H groups in total. The molecule has 1 atom stereocenters. The van der Waals surface area contributed by atoms with Crippen molar-refractivity contribution in [3.8, 4) is 11.5 Å². The van der Waals surface area contributed by atoms with Crippen LogP contribution in [0.5, 0.6) is 11.5 Å². The molecular formula is C19H21NO3. The Morgan fingerprint density at radius 2 is 1.70 bits per heavy atom. The minimum atomic E-state index is -0.545. The van der Waals surface area contributed by atoms with Crippen LogP contribution in [-0.4, -0.2) is 30.6 Å². The van der Waals surface area contributed by atoms with Gasteiger partial charge in [0.05, 0.1) is 7.11 Å². The molecule has 1 heterocycles. The van der Waals surface area contributed by atoms with Crippen molar-refractivity contribution in [3.63, 3.8) is 0 Å². The van der Waals surface area contributed by atoms with Gasteiger partial charge in [-0.05, 0) is 36.6 Å². The molecule has 0 bridgehead atoms. The van der Waals surface area contributed by atoms with E-state index >= 15 is 0 Å². The SMILES string of the molecule is COc1ccccc1O[C@@H](C)C(=O)N1CCc2ccccc2C1. The lowest BCUT2D eigenvalue weighted by Crippen LogP contribution is -2.43. The third kappa shape index (κ3) is 3.31. The Bertz CT molecular complexity index is 699. The van der Waals surface area contributed by atoms with E-state index in [1.54, 1.807) is 14.0 Å².